The van der Waals surface area contributed by atoms with Crippen molar-refractivity contribution in [2.75, 3.05) is 27.4 Å². The average molecular weight is 313 g/mol. The van der Waals surface area contributed by atoms with E-state index in [1.807, 2.05) is 27.7 Å². The molecule has 1 aliphatic heterocycles. The summed E-state index contributed by atoms with van der Waals surface area (Å²) in [5.41, 5.74) is 0. The molecule has 1 fully saturated rings. The van der Waals surface area contributed by atoms with Crippen LogP contribution in [0.2, 0.25) is 0 Å². The van der Waals surface area contributed by atoms with Gasteiger partial charge in [0, 0.05) is 32.1 Å². The van der Waals surface area contributed by atoms with Gasteiger partial charge in [0.1, 0.15) is 6.29 Å². The van der Waals surface area contributed by atoms with Crippen molar-refractivity contribution in [3.63, 3.8) is 0 Å². The van der Waals surface area contributed by atoms with Gasteiger partial charge in [0.2, 0.25) is 5.91 Å². The van der Waals surface area contributed by atoms with Gasteiger partial charge >= 0.3 is 18.9 Å². The van der Waals surface area contributed by atoms with E-state index in [0.717, 1.165) is 19.5 Å². The van der Waals surface area contributed by atoms with Crippen LogP contribution in [0.1, 0.15) is 42.0 Å². The molecule has 0 N–H and O–H groups in total. The number of amides is 1. The van der Waals surface area contributed by atoms with Crippen LogP contribution >= 0.6 is 0 Å². The first kappa shape index (κ1) is 29.2. The Labute approximate surface area is 153 Å². The van der Waals surface area contributed by atoms with Gasteiger partial charge in [0.05, 0.1) is 7.11 Å². The molecule has 0 atom stereocenters. The Hall–Kier alpha value is 0.190. The number of nitrogens with zero attached hydrogens (tertiary/aromatic N) is 1. The van der Waals surface area contributed by atoms with Crippen LogP contribution in [0.5, 0.6) is 0 Å². The number of hydroxylamine groups is 2. The van der Waals surface area contributed by atoms with Crippen molar-refractivity contribution in [3.8, 4) is 0 Å². The maximum absolute atomic E-state index is 10.9. The number of rotatable bonds is 3. The van der Waals surface area contributed by atoms with Crippen molar-refractivity contribution < 1.29 is 39.5 Å². The van der Waals surface area contributed by atoms with Gasteiger partial charge in [-0.2, -0.15) is 0 Å². The number of carbonyl (C=O) groups is 2. The van der Waals surface area contributed by atoms with Crippen molar-refractivity contribution in [1.82, 2.24) is 5.06 Å². The zero-order chi connectivity index (χ0) is 15.3. The summed E-state index contributed by atoms with van der Waals surface area (Å²) in [6, 6.07) is 0. The molecule has 0 aliphatic carbocycles. The molecule has 5 nitrogen and oxygen atoms in total. The van der Waals surface area contributed by atoms with Gasteiger partial charge in [-0.3, -0.25) is 9.63 Å². The largest absolute Gasteiger partial charge is 1.00 e. The van der Waals surface area contributed by atoms with E-state index in [9.17, 15) is 9.59 Å². The van der Waals surface area contributed by atoms with Gasteiger partial charge in [-0.25, -0.2) is 5.06 Å². The molecule has 0 aromatic heterocycles. The quantitative estimate of drug-likeness (QED) is 0.352. The van der Waals surface area contributed by atoms with E-state index >= 15 is 0 Å². The maximum Gasteiger partial charge on any atom is 1.00 e. The number of hydrogen-bond acceptors (Lipinski definition) is 4. The molecule has 0 saturated carbocycles. The molecule has 0 aromatic carbocycles. The van der Waals surface area contributed by atoms with Crippen molar-refractivity contribution in [1.29, 1.82) is 0 Å². The number of carbonyl (C=O) groups excluding carboxylic acids is 2. The summed E-state index contributed by atoms with van der Waals surface area (Å²) in [6.45, 7) is 9.37. The van der Waals surface area contributed by atoms with Crippen LogP contribution in [0.3, 0.4) is 0 Å². The summed E-state index contributed by atoms with van der Waals surface area (Å²) >= 11 is 0. The fraction of sp³-hybridized carbons (Fsp3) is 0.857. The first-order chi connectivity index (χ1) is 8.86. The SMILES string of the molecule is C1CCOC1.CC(C)C=O.CON(C)C(=O)C(C)C.[AlH3].[H-].[Li+]. The molecule has 21 heavy (non-hydrogen) atoms. The second-order valence-electron chi connectivity index (χ2n) is 4.87. The topological polar surface area (TPSA) is 55.8 Å². The molecule has 1 amide bonds. The number of hydrogen-bond donors (Lipinski definition) is 0. The van der Waals surface area contributed by atoms with Crippen molar-refractivity contribution >= 4 is 29.6 Å². The maximum atomic E-state index is 10.9. The summed E-state index contributed by atoms with van der Waals surface area (Å²) in [6.07, 6.45) is 3.47. The minimum Gasteiger partial charge on any atom is -1.00 e. The molecular formula is C14H33AlLiNO4. The fourth-order valence-electron chi connectivity index (χ4n) is 0.964. The van der Waals surface area contributed by atoms with Crippen molar-refractivity contribution in [3.05, 3.63) is 0 Å². The van der Waals surface area contributed by atoms with E-state index in [1.54, 1.807) is 7.05 Å². The van der Waals surface area contributed by atoms with Gasteiger partial charge in [0.15, 0.2) is 17.4 Å². The predicted octanol–water partition coefficient (Wildman–Crippen LogP) is -1.77. The Morgan fingerprint density at radius 3 is 1.71 bits per heavy atom. The van der Waals surface area contributed by atoms with Crippen LogP contribution < -0.4 is 18.9 Å². The number of aldehydes is 1. The van der Waals surface area contributed by atoms with Gasteiger partial charge in [-0.15, -0.1) is 0 Å². The van der Waals surface area contributed by atoms with Crippen LogP contribution in [0, 0.1) is 11.8 Å². The minimum atomic E-state index is -0.00231. The third kappa shape index (κ3) is 22.6. The van der Waals surface area contributed by atoms with Crippen molar-refractivity contribution in [2.45, 2.75) is 40.5 Å². The molecular weight excluding hydrogens is 280 g/mol. The molecule has 1 heterocycles. The second kappa shape index (κ2) is 20.2. The Morgan fingerprint density at radius 2 is 1.62 bits per heavy atom. The minimum absolute atomic E-state index is 0. The average Bonchev–Trinajstić information content (AvgIpc) is 2.96. The molecule has 0 bridgehead atoms. The number of ether oxygens (including phenoxy) is 1. The van der Waals surface area contributed by atoms with Crippen LogP contribution in [0.25, 0.3) is 0 Å². The Kier molecular flexibility index (Phi) is 28.1. The fourth-order valence-corrected chi connectivity index (χ4v) is 0.964. The van der Waals surface area contributed by atoms with Gasteiger partial charge in [-0.05, 0) is 12.8 Å². The molecule has 1 saturated heterocycles. The zero-order valence-electron chi connectivity index (χ0n) is 15.1. The zero-order valence-corrected chi connectivity index (χ0v) is 14.1. The second-order valence-corrected chi connectivity index (χ2v) is 4.87. The normalized spacial score (nSPS) is 12.0. The van der Waals surface area contributed by atoms with E-state index in [4.69, 9.17) is 4.74 Å². The third-order valence-electron chi connectivity index (χ3n) is 2.18. The van der Waals surface area contributed by atoms with Crippen LogP contribution in [-0.2, 0) is 19.2 Å². The van der Waals surface area contributed by atoms with Crippen molar-refractivity contribution in [2.24, 2.45) is 11.8 Å². The Morgan fingerprint density at radius 1 is 1.24 bits per heavy atom. The monoisotopic (exact) mass is 313 g/mol. The standard InChI is InChI=1S/C6H13NO2.2C4H8O.Al.Li.4H/c1-5(2)6(8)7(3)9-4;1-2-4-5-3-1;1-4(2)3-5;;;;;;/h5H,1-4H3;1-4H2;3-4H,1-2H3;;;;;;/q;;;;+1;;;;-1. The van der Waals surface area contributed by atoms with Gasteiger partial charge < -0.3 is 11.0 Å². The van der Waals surface area contributed by atoms with E-state index in [0.29, 0.717) is 0 Å². The molecule has 122 valence electrons. The Balaban J connectivity index is -0.0000000649. The third-order valence-corrected chi connectivity index (χ3v) is 2.18. The van der Waals surface area contributed by atoms with E-state index in [-0.39, 0.29) is 55.4 Å². The molecule has 1 rings (SSSR count). The summed E-state index contributed by atoms with van der Waals surface area (Å²) in [4.78, 5) is 25.0. The van der Waals surface area contributed by atoms with E-state index in [2.05, 4.69) is 4.84 Å². The van der Waals surface area contributed by atoms with Gasteiger partial charge in [0.25, 0.3) is 0 Å². The summed E-state index contributed by atoms with van der Waals surface area (Å²) in [7, 11) is 3.07. The summed E-state index contributed by atoms with van der Waals surface area (Å²) < 4.78 is 4.94. The summed E-state index contributed by atoms with van der Waals surface area (Å²) in [5, 5.41) is 1.23. The molecule has 0 radical (unpaired) electrons. The first-order valence-corrected chi connectivity index (χ1v) is 6.71. The predicted molar refractivity (Wildman–Crippen MR) is 86.6 cm³/mol. The van der Waals surface area contributed by atoms with Crippen LogP contribution in [0.15, 0.2) is 0 Å². The molecule has 0 unspecified atom stereocenters. The van der Waals surface area contributed by atoms with Crippen LogP contribution in [-0.4, -0.2) is 62.0 Å². The molecule has 0 aromatic rings. The van der Waals surface area contributed by atoms with Crippen LogP contribution in [0.4, 0.5) is 0 Å². The molecule has 7 heteroatoms. The van der Waals surface area contributed by atoms with E-state index < -0.39 is 0 Å². The summed E-state index contributed by atoms with van der Waals surface area (Å²) in [5.74, 6) is 0.211. The van der Waals surface area contributed by atoms with E-state index in [1.165, 1.54) is 25.0 Å². The van der Waals surface area contributed by atoms with Gasteiger partial charge in [-0.1, -0.05) is 27.7 Å². The molecule has 1 aliphatic rings. The first-order valence-electron chi connectivity index (χ1n) is 6.71. The Bertz CT molecular complexity index is 235. The smallest absolute Gasteiger partial charge is 1.00 e. The molecule has 0 spiro atoms.